The lowest BCUT2D eigenvalue weighted by molar-refractivity contribution is 0.311. The molecule has 0 aliphatic carbocycles. The summed E-state index contributed by atoms with van der Waals surface area (Å²) in [6.07, 6.45) is 0. The Kier molecular flexibility index (Phi) is 5.00. The number of ether oxygens (including phenoxy) is 1. The molecule has 1 aliphatic heterocycles. The third-order valence-corrected chi connectivity index (χ3v) is 5.16. The van der Waals surface area contributed by atoms with Crippen LogP contribution in [0.1, 0.15) is 11.5 Å². The van der Waals surface area contributed by atoms with E-state index in [0.29, 0.717) is 0 Å². The molecule has 1 fully saturated rings. The smallest absolute Gasteiger partial charge is 0.226 e. The second kappa shape index (κ2) is 7.59. The molecule has 0 radical (unpaired) electrons. The molecule has 1 aliphatic rings. The zero-order valence-electron chi connectivity index (χ0n) is 16.8. The first-order chi connectivity index (χ1) is 13.5. The van der Waals surface area contributed by atoms with Gasteiger partial charge in [0.25, 0.3) is 0 Å². The number of benzene rings is 1. The maximum atomic E-state index is 5.39. The summed E-state index contributed by atoms with van der Waals surface area (Å²) in [5.74, 6) is 2.30. The lowest BCUT2D eigenvalue weighted by atomic mass is 10.1. The van der Waals surface area contributed by atoms with Crippen molar-refractivity contribution in [2.24, 2.45) is 0 Å². The van der Waals surface area contributed by atoms with Gasteiger partial charge in [-0.15, -0.1) is 0 Å². The van der Waals surface area contributed by atoms with Crippen molar-refractivity contribution in [1.29, 1.82) is 0 Å². The summed E-state index contributed by atoms with van der Waals surface area (Å²) < 4.78 is 10.8. The predicted molar refractivity (Wildman–Crippen MR) is 109 cm³/mol. The molecule has 146 valence electrons. The summed E-state index contributed by atoms with van der Waals surface area (Å²) in [6, 6.07) is 9.94. The molecule has 0 bridgehead atoms. The van der Waals surface area contributed by atoms with Crippen LogP contribution in [0.3, 0.4) is 0 Å². The quantitative estimate of drug-likeness (QED) is 0.690. The fraction of sp³-hybridized carbons (Fsp3) is 0.381. The van der Waals surface area contributed by atoms with Gasteiger partial charge >= 0.3 is 0 Å². The van der Waals surface area contributed by atoms with Crippen molar-refractivity contribution < 1.29 is 9.26 Å². The molecule has 1 aromatic carbocycles. The van der Waals surface area contributed by atoms with Crippen molar-refractivity contribution in [3.63, 3.8) is 0 Å². The Balaban J connectivity index is 1.83. The van der Waals surface area contributed by atoms with Gasteiger partial charge < -0.3 is 19.1 Å². The lowest BCUT2D eigenvalue weighted by Gasteiger charge is -2.32. The van der Waals surface area contributed by atoms with Gasteiger partial charge in [0, 0.05) is 31.7 Å². The average molecular weight is 379 g/mol. The Labute approximate surface area is 164 Å². The van der Waals surface area contributed by atoms with E-state index in [1.165, 1.54) is 0 Å². The highest BCUT2D eigenvalue weighted by atomic mass is 16.5. The Morgan fingerprint density at radius 2 is 1.75 bits per heavy atom. The maximum Gasteiger partial charge on any atom is 0.226 e. The molecule has 0 unspecified atom stereocenters. The maximum absolute atomic E-state index is 5.39. The summed E-state index contributed by atoms with van der Waals surface area (Å²) in [4.78, 5) is 14.3. The molecule has 1 saturated heterocycles. The molecule has 0 N–H and O–H groups in total. The molecule has 0 atom stereocenters. The molecule has 0 amide bonds. The van der Waals surface area contributed by atoms with Gasteiger partial charge in [-0.3, -0.25) is 0 Å². The summed E-state index contributed by atoms with van der Waals surface area (Å²) in [5, 5.41) is 4.10. The minimum Gasteiger partial charge on any atom is -0.497 e. The summed E-state index contributed by atoms with van der Waals surface area (Å²) in [7, 11) is 3.81. The predicted octanol–water partition coefficient (Wildman–Crippen LogP) is 3.18. The number of anilines is 1. The van der Waals surface area contributed by atoms with Crippen LogP contribution in [0.5, 0.6) is 5.75 Å². The first-order valence-corrected chi connectivity index (χ1v) is 9.45. The molecule has 2 aromatic heterocycles. The van der Waals surface area contributed by atoms with Crippen LogP contribution in [0.25, 0.3) is 22.5 Å². The zero-order valence-corrected chi connectivity index (χ0v) is 16.8. The van der Waals surface area contributed by atoms with Gasteiger partial charge in [0.2, 0.25) is 5.95 Å². The van der Waals surface area contributed by atoms with E-state index in [9.17, 15) is 0 Å². The highest BCUT2D eigenvalue weighted by Gasteiger charge is 2.21. The molecule has 4 rings (SSSR count). The SMILES string of the molecule is COc1cccc(-c2cc(-c3c(C)noc3C)nc(N3CCN(C)CC3)n2)c1. The van der Waals surface area contributed by atoms with Crippen LogP contribution in [0.2, 0.25) is 0 Å². The summed E-state index contributed by atoms with van der Waals surface area (Å²) >= 11 is 0. The van der Waals surface area contributed by atoms with Crippen LogP contribution < -0.4 is 9.64 Å². The van der Waals surface area contributed by atoms with Crippen molar-refractivity contribution >= 4 is 5.95 Å². The van der Waals surface area contributed by atoms with Gasteiger partial charge in [0.1, 0.15) is 11.5 Å². The summed E-state index contributed by atoms with van der Waals surface area (Å²) in [6.45, 7) is 7.64. The molecule has 3 heterocycles. The van der Waals surface area contributed by atoms with Crippen molar-refractivity contribution in [2.45, 2.75) is 13.8 Å². The molecular weight excluding hydrogens is 354 g/mol. The monoisotopic (exact) mass is 379 g/mol. The van der Waals surface area contributed by atoms with Crippen LogP contribution in [0, 0.1) is 13.8 Å². The normalized spacial score (nSPS) is 15.1. The van der Waals surface area contributed by atoms with E-state index in [0.717, 1.165) is 71.8 Å². The van der Waals surface area contributed by atoms with E-state index in [2.05, 4.69) is 22.0 Å². The van der Waals surface area contributed by atoms with E-state index in [-0.39, 0.29) is 0 Å². The van der Waals surface area contributed by atoms with Crippen molar-refractivity contribution in [1.82, 2.24) is 20.0 Å². The van der Waals surface area contributed by atoms with Crippen LogP contribution in [0.4, 0.5) is 5.95 Å². The van der Waals surface area contributed by atoms with Crippen molar-refractivity contribution in [3.05, 3.63) is 41.8 Å². The van der Waals surface area contributed by atoms with Crippen LogP contribution in [-0.4, -0.2) is 60.4 Å². The van der Waals surface area contributed by atoms with Gasteiger partial charge in [-0.25, -0.2) is 9.97 Å². The van der Waals surface area contributed by atoms with E-state index >= 15 is 0 Å². The minimum atomic E-state index is 0.739. The third kappa shape index (κ3) is 3.57. The Bertz CT molecular complexity index is 957. The summed E-state index contributed by atoms with van der Waals surface area (Å²) in [5.41, 5.74) is 4.44. The molecule has 7 nitrogen and oxygen atoms in total. The Morgan fingerprint density at radius 1 is 1.00 bits per heavy atom. The van der Waals surface area contributed by atoms with E-state index in [4.69, 9.17) is 19.2 Å². The number of piperazine rings is 1. The Morgan fingerprint density at radius 3 is 2.43 bits per heavy atom. The third-order valence-electron chi connectivity index (χ3n) is 5.16. The Hall–Kier alpha value is -2.93. The number of rotatable bonds is 4. The van der Waals surface area contributed by atoms with Gasteiger partial charge in [-0.1, -0.05) is 17.3 Å². The zero-order chi connectivity index (χ0) is 19.7. The standard InChI is InChI=1S/C21H25N5O2/c1-14-20(15(2)28-24-14)19-13-18(16-6-5-7-17(12-16)27-4)22-21(23-19)26-10-8-25(3)9-11-26/h5-7,12-13H,8-11H2,1-4H3. The highest BCUT2D eigenvalue weighted by molar-refractivity contribution is 5.72. The van der Waals surface area contributed by atoms with Crippen molar-refractivity contribution in [3.8, 4) is 28.3 Å². The number of nitrogens with zero attached hydrogens (tertiary/aromatic N) is 5. The molecule has 28 heavy (non-hydrogen) atoms. The number of aromatic nitrogens is 3. The first kappa shape index (κ1) is 18.4. The van der Waals surface area contributed by atoms with Crippen molar-refractivity contribution in [2.75, 3.05) is 45.2 Å². The molecular formula is C21H25N5O2. The minimum absolute atomic E-state index is 0.739. The van der Waals surface area contributed by atoms with Crippen LogP contribution in [-0.2, 0) is 0 Å². The number of methoxy groups -OCH3 is 1. The van der Waals surface area contributed by atoms with E-state index in [1.807, 2.05) is 44.2 Å². The topological polar surface area (TPSA) is 67.5 Å². The molecule has 0 saturated carbocycles. The highest BCUT2D eigenvalue weighted by Crippen LogP contribution is 2.31. The number of hydrogen-bond donors (Lipinski definition) is 0. The molecule has 7 heteroatoms. The van der Waals surface area contributed by atoms with Gasteiger partial charge in [0.15, 0.2) is 0 Å². The van der Waals surface area contributed by atoms with Gasteiger partial charge in [0.05, 0.1) is 29.8 Å². The number of likely N-dealkylation sites (N-methyl/N-ethyl adjacent to an activating group) is 1. The second-order valence-corrected chi connectivity index (χ2v) is 7.16. The molecule has 3 aromatic rings. The number of hydrogen-bond acceptors (Lipinski definition) is 7. The second-order valence-electron chi connectivity index (χ2n) is 7.16. The van der Waals surface area contributed by atoms with Crippen LogP contribution >= 0.6 is 0 Å². The fourth-order valence-corrected chi connectivity index (χ4v) is 3.49. The first-order valence-electron chi connectivity index (χ1n) is 9.45. The van der Waals surface area contributed by atoms with Gasteiger partial charge in [-0.2, -0.15) is 0 Å². The van der Waals surface area contributed by atoms with E-state index in [1.54, 1.807) is 7.11 Å². The average Bonchev–Trinajstić information content (AvgIpc) is 3.06. The van der Waals surface area contributed by atoms with Crippen LogP contribution in [0.15, 0.2) is 34.9 Å². The number of aryl methyl sites for hydroxylation is 2. The lowest BCUT2D eigenvalue weighted by Crippen LogP contribution is -2.45. The van der Waals surface area contributed by atoms with Gasteiger partial charge in [-0.05, 0) is 39.1 Å². The van der Waals surface area contributed by atoms with E-state index < -0.39 is 0 Å². The fourth-order valence-electron chi connectivity index (χ4n) is 3.49. The largest absolute Gasteiger partial charge is 0.497 e. The molecule has 0 spiro atoms.